The molecular formula is C20H17IN2O5S. The summed E-state index contributed by atoms with van der Waals surface area (Å²) in [5, 5.41) is 0. The van der Waals surface area contributed by atoms with Crippen molar-refractivity contribution in [3.05, 3.63) is 50.3 Å². The molecule has 0 atom stereocenters. The van der Waals surface area contributed by atoms with E-state index >= 15 is 0 Å². The predicted octanol–water partition coefficient (Wildman–Crippen LogP) is 3.38. The molecule has 0 N–H and O–H groups in total. The maximum Gasteiger partial charge on any atom is 0.326 e. The van der Waals surface area contributed by atoms with Gasteiger partial charge >= 0.3 is 5.97 Å². The van der Waals surface area contributed by atoms with Crippen molar-refractivity contribution in [1.29, 1.82) is 0 Å². The SMILES string of the molecule is CCOC(=O)Cn1c(=NC(=O)c2ccccc2I)sc2cc3c(cc21)OCCO3. The van der Waals surface area contributed by atoms with E-state index in [1.165, 1.54) is 11.3 Å². The van der Waals surface area contributed by atoms with Gasteiger partial charge in [0.05, 0.1) is 22.4 Å². The van der Waals surface area contributed by atoms with Crippen LogP contribution in [-0.2, 0) is 16.1 Å². The van der Waals surface area contributed by atoms with Crippen LogP contribution < -0.4 is 14.3 Å². The summed E-state index contributed by atoms with van der Waals surface area (Å²) in [7, 11) is 0. The summed E-state index contributed by atoms with van der Waals surface area (Å²) in [6, 6.07) is 10.9. The van der Waals surface area contributed by atoms with E-state index in [1.807, 2.05) is 24.3 Å². The Balaban J connectivity index is 1.86. The van der Waals surface area contributed by atoms with E-state index in [9.17, 15) is 9.59 Å². The molecule has 0 radical (unpaired) electrons. The van der Waals surface area contributed by atoms with Crippen molar-refractivity contribution in [2.24, 2.45) is 4.99 Å². The minimum absolute atomic E-state index is 0.0501. The van der Waals surface area contributed by atoms with E-state index in [4.69, 9.17) is 14.2 Å². The Morgan fingerprint density at radius 3 is 2.66 bits per heavy atom. The quantitative estimate of drug-likeness (QED) is 0.387. The van der Waals surface area contributed by atoms with Crippen LogP contribution in [-0.4, -0.2) is 36.3 Å². The molecule has 1 aliphatic rings. The van der Waals surface area contributed by atoms with E-state index in [2.05, 4.69) is 27.6 Å². The van der Waals surface area contributed by atoms with E-state index in [0.717, 1.165) is 13.8 Å². The number of hydrogen-bond acceptors (Lipinski definition) is 6. The van der Waals surface area contributed by atoms with Gasteiger partial charge in [0.15, 0.2) is 16.3 Å². The number of halogens is 1. The molecule has 1 aromatic heterocycles. The molecule has 3 aromatic rings. The van der Waals surface area contributed by atoms with Crippen LogP contribution in [0.3, 0.4) is 0 Å². The Kier molecular flexibility index (Phi) is 5.86. The summed E-state index contributed by atoms with van der Waals surface area (Å²) in [5.41, 5.74) is 1.25. The van der Waals surface area contributed by atoms with Gasteiger partial charge in [-0.15, -0.1) is 0 Å². The zero-order valence-corrected chi connectivity index (χ0v) is 18.5. The molecule has 2 aromatic carbocycles. The summed E-state index contributed by atoms with van der Waals surface area (Å²) in [5.74, 6) is 0.486. The molecular weight excluding hydrogens is 507 g/mol. The van der Waals surface area contributed by atoms with Crippen LogP contribution in [0.2, 0.25) is 0 Å². The molecule has 2 heterocycles. The second kappa shape index (κ2) is 8.54. The van der Waals surface area contributed by atoms with Gasteiger partial charge in [-0.1, -0.05) is 23.5 Å². The first kappa shape index (κ1) is 19.9. The summed E-state index contributed by atoms with van der Waals surface area (Å²) < 4.78 is 19.8. The fraction of sp³-hybridized carbons (Fsp3) is 0.250. The molecule has 1 amide bonds. The highest BCUT2D eigenvalue weighted by atomic mass is 127. The van der Waals surface area contributed by atoms with Crippen LogP contribution in [0.4, 0.5) is 0 Å². The third-order valence-corrected chi connectivity index (χ3v) is 6.22. The zero-order chi connectivity index (χ0) is 20.4. The fourth-order valence-electron chi connectivity index (χ4n) is 2.96. The summed E-state index contributed by atoms with van der Waals surface area (Å²) in [6.07, 6.45) is 0. The van der Waals surface area contributed by atoms with Crippen molar-refractivity contribution in [1.82, 2.24) is 4.57 Å². The third kappa shape index (κ3) is 4.15. The summed E-state index contributed by atoms with van der Waals surface area (Å²) in [6.45, 7) is 2.92. The molecule has 7 nitrogen and oxygen atoms in total. The van der Waals surface area contributed by atoms with Gasteiger partial charge in [0.1, 0.15) is 19.8 Å². The number of aromatic nitrogens is 1. The summed E-state index contributed by atoms with van der Waals surface area (Å²) >= 11 is 3.42. The smallest absolute Gasteiger partial charge is 0.326 e. The topological polar surface area (TPSA) is 79.1 Å². The van der Waals surface area contributed by atoms with Gasteiger partial charge in [-0.05, 0) is 41.6 Å². The fourth-order valence-corrected chi connectivity index (χ4v) is 4.62. The van der Waals surface area contributed by atoms with Crippen LogP contribution in [0.5, 0.6) is 11.5 Å². The molecule has 9 heteroatoms. The standard InChI is InChI=1S/C20H17IN2O5S/c1-2-26-18(24)11-23-14-9-15-16(28-8-7-27-15)10-17(14)29-20(23)22-19(25)12-5-3-4-6-13(12)21/h3-6,9-10H,2,7-8,11H2,1H3. The number of hydrogen-bond donors (Lipinski definition) is 0. The van der Waals surface area contributed by atoms with Gasteiger partial charge in [-0.3, -0.25) is 9.59 Å². The van der Waals surface area contributed by atoms with Crippen LogP contribution in [0.15, 0.2) is 41.4 Å². The van der Waals surface area contributed by atoms with Gasteiger partial charge < -0.3 is 18.8 Å². The van der Waals surface area contributed by atoms with Crippen molar-refractivity contribution in [3.8, 4) is 11.5 Å². The summed E-state index contributed by atoms with van der Waals surface area (Å²) in [4.78, 5) is 29.7. The van der Waals surface area contributed by atoms with Gasteiger partial charge in [-0.25, -0.2) is 0 Å². The minimum atomic E-state index is -0.398. The number of thiazole rings is 1. The number of nitrogens with zero attached hydrogens (tertiary/aromatic N) is 2. The van der Waals surface area contributed by atoms with E-state index in [1.54, 1.807) is 23.6 Å². The largest absolute Gasteiger partial charge is 0.486 e. The van der Waals surface area contributed by atoms with Crippen molar-refractivity contribution in [3.63, 3.8) is 0 Å². The molecule has 150 valence electrons. The first-order valence-corrected chi connectivity index (χ1v) is 10.9. The predicted molar refractivity (Wildman–Crippen MR) is 116 cm³/mol. The first-order valence-electron chi connectivity index (χ1n) is 8.99. The van der Waals surface area contributed by atoms with Crippen molar-refractivity contribution in [2.45, 2.75) is 13.5 Å². The monoisotopic (exact) mass is 524 g/mol. The van der Waals surface area contributed by atoms with Gasteiger partial charge in [0.2, 0.25) is 0 Å². The Morgan fingerprint density at radius 1 is 1.21 bits per heavy atom. The number of fused-ring (bicyclic) bond motifs is 2. The highest BCUT2D eigenvalue weighted by Gasteiger charge is 2.19. The van der Waals surface area contributed by atoms with E-state index in [0.29, 0.717) is 35.1 Å². The lowest BCUT2D eigenvalue weighted by Crippen LogP contribution is -2.23. The average Bonchev–Trinajstić information content (AvgIpc) is 3.02. The lowest BCUT2D eigenvalue weighted by Gasteiger charge is -2.18. The number of amides is 1. The van der Waals surface area contributed by atoms with Crippen molar-refractivity contribution < 1.29 is 23.8 Å². The Morgan fingerprint density at radius 2 is 1.93 bits per heavy atom. The second-order valence-corrected chi connectivity index (χ2v) is 8.31. The molecule has 0 unspecified atom stereocenters. The lowest BCUT2D eigenvalue weighted by molar-refractivity contribution is -0.143. The zero-order valence-electron chi connectivity index (χ0n) is 15.5. The normalized spacial score (nSPS) is 13.5. The molecule has 0 bridgehead atoms. The molecule has 29 heavy (non-hydrogen) atoms. The maximum atomic E-state index is 12.8. The first-order chi connectivity index (χ1) is 14.1. The molecule has 4 rings (SSSR count). The van der Waals surface area contributed by atoms with Crippen LogP contribution in [0.1, 0.15) is 17.3 Å². The Labute approximate surface area is 184 Å². The van der Waals surface area contributed by atoms with E-state index < -0.39 is 5.97 Å². The Hall–Kier alpha value is -2.40. The molecule has 1 aliphatic heterocycles. The number of carbonyl (C=O) groups excluding carboxylic acids is 2. The molecule has 0 spiro atoms. The maximum absolute atomic E-state index is 12.8. The number of benzene rings is 2. The second-order valence-electron chi connectivity index (χ2n) is 6.14. The molecule has 0 saturated heterocycles. The average molecular weight is 524 g/mol. The van der Waals surface area contributed by atoms with Gasteiger partial charge in [0, 0.05) is 15.7 Å². The van der Waals surface area contributed by atoms with Gasteiger partial charge in [-0.2, -0.15) is 4.99 Å². The Bertz CT molecular complexity index is 1170. The molecule has 0 saturated carbocycles. The van der Waals surface area contributed by atoms with Crippen molar-refractivity contribution >= 4 is 56.0 Å². The number of esters is 1. The van der Waals surface area contributed by atoms with Crippen LogP contribution >= 0.6 is 33.9 Å². The highest BCUT2D eigenvalue weighted by molar-refractivity contribution is 14.1. The lowest BCUT2D eigenvalue weighted by atomic mass is 10.2. The number of carbonyl (C=O) groups is 2. The van der Waals surface area contributed by atoms with Crippen molar-refractivity contribution in [2.75, 3.05) is 19.8 Å². The molecule has 0 aliphatic carbocycles. The van der Waals surface area contributed by atoms with Crippen LogP contribution in [0.25, 0.3) is 10.2 Å². The third-order valence-electron chi connectivity index (χ3n) is 4.24. The molecule has 0 fully saturated rings. The van der Waals surface area contributed by atoms with Crippen LogP contribution in [0, 0.1) is 3.57 Å². The number of rotatable bonds is 4. The highest BCUT2D eigenvalue weighted by Crippen LogP contribution is 2.35. The minimum Gasteiger partial charge on any atom is -0.486 e. The van der Waals surface area contributed by atoms with Gasteiger partial charge in [0.25, 0.3) is 5.91 Å². The van der Waals surface area contributed by atoms with E-state index in [-0.39, 0.29) is 19.1 Å². The number of ether oxygens (including phenoxy) is 3.